The molecule has 0 unspecified atom stereocenters. The van der Waals surface area contributed by atoms with Gasteiger partial charge >= 0.3 is 0 Å². The highest BCUT2D eigenvalue weighted by Crippen LogP contribution is 2.29. The Kier molecular flexibility index (Phi) is 3.66. The zero-order chi connectivity index (χ0) is 13.3. The van der Waals surface area contributed by atoms with Gasteiger partial charge in [0, 0.05) is 4.88 Å². The summed E-state index contributed by atoms with van der Waals surface area (Å²) in [5.41, 5.74) is 1.07. The van der Waals surface area contributed by atoms with Crippen LogP contribution in [-0.2, 0) is 10.0 Å². The highest BCUT2D eigenvalue weighted by Gasteiger charge is 2.18. The average molecular weight is 302 g/mol. The number of hydrogen-bond acceptors (Lipinski definition) is 3. The maximum absolute atomic E-state index is 12.2. The molecule has 0 aliphatic carbocycles. The molecule has 0 aliphatic rings. The number of benzene rings is 1. The molecular weight excluding hydrogens is 290 g/mol. The smallest absolute Gasteiger partial charge is 0.263 e. The zero-order valence-corrected chi connectivity index (χ0v) is 12.3. The fourth-order valence-corrected chi connectivity index (χ4v) is 4.21. The first-order chi connectivity index (χ1) is 8.40. The fourth-order valence-electron chi connectivity index (χ4n) is 1.47. The second-order valence-corrected chi connectivity index (χ2v) is 7.20. The molecule has 2 aromatic rings. The first kappa shape index (κ1) is 13.4. The topological polar surface area (TPSA) is 46.2 Å². The molecule has 1 aromatic heterocycles. The van der Waals surface area contributed by atoms with Gasteiger partial charge in [0.25, 0.3) is 10.0 Å². The van der Waals surface area contributed by atoms with Gasteiger partial charge < -0.3 is 0 Å². The summed E-state index contributed by atoms with van der Waals surface area (Å²) in [6.07, 6.45) is 0. The molecule has 2 rings (SSSR count). The van der Waals surface area contributed by atoms with Gasteiger partial charge in [0.1, 0.15) is 9.90 Å². The Labute approximate surface area is 115 Å². The summed E-state index contributed by atoms with van der Waals surface area (Å²) in [4.78, 5) is 1.18. The standard InChI is InChI=1S/C12H12ClNO2S2/c1-8-7-12(17-9(8)2)14-18(15,16)11-6-4-3-5-10(11)13/h3-7,14H,1-2H3. The fraction of sp³-hybridized carbons (Fsp3) is 0.167. The lowest BCUT2D eigenvalue weighted by Crippen LogP contribution is -2.12. The molecule has 0 saturated carbocycles. The molecule has 18 heavy (non-hydrogen) atoms. The van der Waals surface area contributed by atoms with Crippen LogP contribution in [0.1, 0.15) is 10.4 Å². The molecule has 0 atom stereocenters. The summed E-state index contributed by atoms with van der Waals surface area (Å²) >= 11 is 7.30. The summed E-state index contributed by atoms with van der Waals surface area (Å²) in [5.74, 6) is 0. The predicted molar refractivity (Wildman–Crippen MR) is 76.1 cm³/mol. The van der Waals surface area contributed by atoms with Crippen molar-refractivity contribution in [2.24, 2.45) is 0 Å². The van der Waals surface area contributed by atoms with Crippen LogP contribution in [0.15, 0.2) is 35.2 Å². The van der Waals surface area contributed by atoms with E-state index in [2.05, 4.69) is 4.72 Å². The van der Waals surface area contributed by atoms with Crippen molar-refractivity contribution in [1.29, 1.82) is 0 Å². The Morgan fingerprint density at radius 2 is 1.89 bits per heavy atom. The molecule has 96 valence electrons. The number of halogens is 1. The summed E-state index contributed by atoms with van der Waals surface area (Å²) in [6.45, 7) is 3.90. The summed E-state index contributed by atoms with van der Waals surface area (Å²) in [6, 6.07) is 8.19. The number of thiophene rings is 1. The van der Waals surface area contributed by atoms with Crippen molar-refractivity contribution in [1.82, 2.24) is 0 Å². The first-order valence-electron chi connectivity index (χ1n) is 5.24. The van der Waals surface area contributed by atoms with Crippen molar-refractivity contribution in [3.8, 4) is 0 Å². The monoisotopic (exact) mass is 301 g/mol. The van der Waals surface area contributed by atoms with Gasteiger partial charge in [-0.2, -0.15) is 0 Å². The van der Waals surface area contributed by atoms with E-state index >= 15 is 0 Å². The Morgan fingerprint density at radius 3 is 2.44 bits per heavy atom. The molecule has 0 amide bonds. The highest BCUT2D eigenvalue weighted by atomic mass is 35.5. The second kappa shape index (κ2) is 4.91. The Bertz CT molecular complexity index is 658. The molecule has 6 heteroatoms. The molecule has 0 radical (unpaired) electrons. The van der Waals surface area contributed by atoms with E-state index in [1.165, 1.54) is 17.4 Å². The van der Waals surface area contributed by atoms with Crippen molar-refractivity contribution in [2.75, 3.05) is 4.72 Å². The maximum atomic E-state index is 12.2. The van der Waals surface area contributed by atoms with Crippen LogP contribution in [0, 0.1) is 13.8 Å². The molecule has 1 aromatic carbocycles. The third-order valence-corrected chi connectivity index (χ3v) is 5.59. The van der Waals surface area contributed by atoms with Crippen LogP contribution >= 0.6 is 22.9 Å². The SMILES string of the molecule is Cc1cc(NS(=O)(=O)c2ccccc2Cl)sc1C. The predicted octanol–water partition coefficient (Wildman–Crippen LogP) is 3.82. The molecular formula is C12H12ClNO2S2. The number of anilines is 1. The minimum atomic E-state index is -3.62. The first-order valence-corrected chi connectivity index (χ1v) is 7.92. The van der Waals surface area contributed by atoms with E-state index in [9.17, 15) is 8.42 Å². The molecule has 1 heterocycles. The van der Waals surface area contributed by atoms with E-state index < -0.39 is 10.0 Å². The number of aryl methyl sites for hydroxylation is 2. The number of rotatable bonds is 3. The molecule has 0 fully saturated rings. The van der Waals surface area contributed by atoms with E-state index in [1.807, 2.05) is 19.9 Å². The van der Waals surface area contributed by atoms with Crippen LogP contribution in [0.2, 0.25) is 5.02 Å². The van der Waals surface area contributed by atoms with Crippen molar-refractivity contribution in [2.45, 2.75) is 18.7 Å². The summed E-state index contributed by atoms with van der Waals surface area (Å²) in [7, 11) is -3.62. The van der Waals surface area contributed by atoms with Crippen LogP contribution in [-0.4, -0.2) is 8.42 Å². The zero-order valence-electron chi connectivity index (χ0n) is 9.90. The normalized spacial score (nSPS) is 11.5. The minimum absolute atomic E-state index is 0.0929. The largest absolute Gasteiger partial charge is 0.270 e. The molecule has 3 nitrogen and oxygen atoms in total. The quantitative estimate of drug-likeness (QED) is 0.937. The van der Waals surface area contributed by atoms with Crippen molar-refractivity contribution in [3.05, 3.63) is 45.8 Å². The van der Waals surface area contributed by atoms with Crippen LogP contribution in [0.25, 0.3) is 0 Å². The van der Waals surface area contributed by atoms with Gasteiger partial charge in [-0.05, 0) is 37.6 Å². The number of nitrogens with one attached hydrogen (secondary N) is 1. The lowest BCUT2D eigenvalue weighted by atomic mass is 10.3. The van der Waals surface area contributed by atoms with E-state index in [4.69, 9.17) is 11.6 Å². The van der Waals surface area contributed by atoms with Crippen LogP contribution in [0.3, 0.4) is 0 Å². The van der Waals surface area contributed by atoms with Crippen molar-refractivity contribution >= 4 is 38.0 Å². The lowest BCUT2D eigenvalue weighted by Gasteiger charge is -2.07. The lowest BCUT2D eigenvalue weighted by molar-refractivity contribution is 0.601. The Hall–Kier alpha value is -1.04. The molecule has 1 N–H and O–H groups in total. The summed E-state index contributed by atoms with van der Waals surface area (Å²) in [5, 5.41) is 0.819. The summed E-state index contributed by atoms with van der Waals surface area (Å²) < 4.78 is 26.9. The van der Waals surface area contributed by atoms with E-state index in [1.54, 1.807) is 18.2 Å². The van der Waals surface area contributed by atoms with Crippen LogP contribution in [0.5, 0.6) is 0 Å². The minimum Gasteiger partial charge on any atom is -0.270 e. The van der Waals surface area contributed by atoms with Gasteiger partial charge in [0.15, 0.2) is 0 Å². The van der Waals surface area contributed by atoms with E-state index in [-0.39, 0.29) is 9.92 Å². The maximum Gasteiger partial charge on any atom is 0.263 e. The van der Waals surface area contributed by atoms with Gasteiger partial charge in [-0.15, -0.1) is 11.3 Å². The molecule has 0 aliphatic heterocycles. The van der Waals surface area contributed by atoms with Gasteiger partial charge in [0.2, 0.25) is 0 Å². The molecule has 0 spiro atoms. The third kappa shape index (κ3) is 2.68. The van der Waals surface area contributed by atoms with Gasteiger partial charge in [0.05, 0.1) is 5.02 Å². The van der Waals surface area contributed by atoms with Gasteiger partial charge in [-0.1, -0.05) is 23.7 Å². The number of sulfonamides is 1. The highest BCUT2D eigenvalue weighted by molar-refractivity contribution is 7.93. The van der Waals surface area contributed by atoms with Crippen LogP contribution < -0.4 is 4.72 Å². The van der Waals surface area contributed by atoms with Gasteiger partial charge in [-0.3, -0.25) is 4.72 Å². The van der Waals surface area contributed by atoms with Gasteiger partial charge in [-0.25, -0.2) is 8.42 Å². The van der Waals surface area contributed by atoms with Crippen molar-refractivity contribution in [3.63, 3.8) is 0 Å². The van der Waals surface area contributed by atoms with Crippen LogP contribution in [0.4, 0.5) is 5.00 Å². The average Bonchev–Trinajstić information content (AvgIpc) is 2.57. The second-order valence-electron chi connectivity index (χ2n) is 3.89. The molecule has 0 saturated heterocycles. The van der Waals surface area contributed by atoms with E-state index in [0.717, 1.165) is 10.4 Å². The molecule has 0 bridgehead atoms. The third-order valence-electron chi connectivity index (χ3n) is 2.53. The Morgan fingerprint density at radius 1 is 1.22 bits per heavy atom. The van der Waals surface area contributed by atoms with E-state index in [0.29, 0.717) is 5.00 Å². The Balaban J connectivity index is 2.36. The van der Waals surface area contributed by atoms with Crippen molar-refractivity contribution < 1.29 is 8.42 Å². The number of hydrogen-bond donors (Lipinski definition) is 1.